The molecule has 8 heteroatoms. The van der Waals surface area contributed by atoms with Crippen molar-refractivity contribution in [1.82, 2.24) is 15.1 Å². The lowest BCUT2D eigenvalue weighted by molar-refractivity contribution is -0.132. The van der Waals surface area contributed by atoms with E-state index in [1.54, 1.807) is 13.0 Å². The Morgan fingerprint density at radius 3 is 2.60 bits per heavy atom. The van der Waals surface area contributed by atoms with Gasteiger partial charge < -0.3 is 19.9 Å². The van der Waals surface area contributed by atoms with Gasteiger partial charge in [0.15, 0.2) is 0 Å². The number of aryl methyl sites for hydroxylation is 1. The number of hydrogen-bond donors (Lipinski definition) is 1. The molecule has 1 fully saturated rings. The number of benzene rings is 3. The summed E-state index contributed by atoms with van der Waals surface area (Å²) in [7, 11) is 1.86. The lowest BCUT2D eigenvalue weighted by Crippen LogP contribution is -2.61. The van der Waals surface area contributed by atoms with Crippen molar-refractivity contribution in [2.24, 2.45) is 0 Å². The lowest BCUT2D eigenvalue weighted by atomic mass is 9.82. The molecule has 220 valence electrons. The Kier molecular flexibility index (Phi) is 9.75. The van der Waals surface area contributed by atoms with E-state index < -0.39 is 0 Å². The van der Waals surface area contributed by atoms with Gasteiger partial charge in [0, 0.05) is 51.3 Å². The van der Waals surface area contributed by atoms with Gasteiger partial charge in [0.25, 0.3) is 5.91 Å². The van der Waals surface area contributed by atoms with Crippen molar-refractivity contribution in [2.75, 3.05) is 33.3 Å². The monoisotopic (exact) mass is 633 g/mol. The highest BCUT2D eigenvalue weighted by atomic mass is 79.9. The van der Waals surface area contributed by atoms with E-state index in [9.17, 15) is 14.0 Å². The topological polar surface area (TPSA) is 61.9 Å². The molecular formula is C34H37BrFN3O3. The molecule has 0 aliphatic carbocycles. The summed E-state index contributed by atoms with van der Waals surface area (Å²) in [5, 5.41) is 3.63. The highest BCUT2D eigenvalue weighted by Crippen LogP contribution is 2.34. The second-order valence-electron chi connectivity index (χ2n) is 11.1. The largest absolute Gasteiger partial charge is 0.492 e. The van der Waals surface area contributed by atoms with Crippen LogP contribution in [0.25, 0.3) is 5.57 Å². The first kappa shape index (κ1) is 30.0. The van der Waals surface area contributed by atoms with Crippen molar-refractivity contribution in [3.05, 3.63) is 105 Å². The van der Waals surface area contributed by atoms with Gasteiger partial charge in [-0.2, -0.15) is 0 Å². The average molecular weight is 635 g/mol. The second-order valence-corrected chi connectivity index (χ2v) is 12.0. The minimum Gasteiger partial charge on any atom is -0.492 e. The summed E-state index contributed by atoms with van der Waals surface area (Å²) >= 11 is 3.41. The van der Waals surface area contributed by atoms with Crippen LogP contribution in [-0.4, -0.2) is 67.0 Å². The zero-order chi connectivity index (χ0) is 29.6. The number of hydrogen-bond acceptors (Lipinski definition) is 4. The van der Waals surface area contributed by atoms with Crippen molar-refractivity contribution in [3.63, 3.8) is 0 Å². The van der Waals surface area contributed by atoms with Crippen LogP contribution >= 0.6 is 15.9 Å². The minimum absolute atomic E-state index is 0.00163. The van der Waals surface area contributed by atoms with E-state index in [0.29, 0.717) is 38.4 Å². The van der Waals surface area contributed by atoms with Crippen LogP contribution in [0, 0.1) is 5.82 Å². The lowest BCUT2D eigenvalue weighted by Gasteiger charge is -2.44. The fourth-order valence-corrected chi connectivity index (χ4v) is 6.19. The first-order valence-electron chi connectivity index (χ1n) is 14.5. The quantitative estimate of drug-likeness (QED) is 0.293. The molecule has 3 aromatic carbocycles. The predicted octanol–water partition coefficient (Wildman–Crippen LogP) is 5.65. The first-order valence-corrected chi connectivity index (χ1v) is 15.3. The van der Waals surface area contributed by atoms with E-state index in [0.717, 1.165) is 46.0 Å². The first-order chi connectivity index (χ1) is 20.3. The number of carbonyl (C=O) groups is 2. The van der Waals surface area contributed by atoms with Crippen LogP contribution < -0.4 is 10.1 Å². The summed E-state index contributed by atoms with van der Waals surface area (Å²) in [6, 6.07) is 22.9. The molecule has 1 saturated heterocycles. The summed E-state index contributed by atoms with van der Waals surface area (Å²) in [4.78, 5) is 30.0. The van der Waals surface area contributed by atoms with Gasteiger partial charge >= 0.3 is 0 Å². The van der Waals surface area contributed by atoms with Crippen LogP contribution in [-0.2, 0) is 22.4 Å². The van der Waals surface area contributed by atoms with E-state index >= 15 is 0 Å². The van der Waals surface area contributed by atoms with Crippen molar-refractivity contribution in [2.45, 2.75) is 44.7 Å². The molecule has 0 unspecified atom stereocenters. The number of likely N-dealkylation sites (N-methyl/N-ethyl adjacent to an activating group) is 1. The maximum atomic E-state index is 14.0. The molecule has 0 aromatic heterocycles. The molecule has 5 rings (SSSR count). The normalized spacial score (nSPS) is 18.1. The molecule has 2 amide bonds. The number of amides is 2. The SMILES string of the molecule is CC(=O)N1C[C@H]2CC(c3cccc(CCCOc4cc(F)ccc4Br)c3)=C(C(=O)N(C)CCc3ccccc3)[C@@H](C1)N2. The Morgan fingerprint density at radius 2 is 1.81 bits per heavy atom. The summed E-state index contributed by atoms with van der Waals surface area (Å²) in [5.74, 6) is 0.202. The average Bonchev–Trinajstić information content (AvgIpc) is 2.99. The Bertz CT molecular complexity index is 1460. The number of piperazine rings is 1. The standard InChI is InChI=1S/C34H37BrFN3O3/c1-23(40)39-21-28-20-29(33(31(22-39)37-28)34(41)38(2)16-15-24-8-4-3-5-9-24)26-12-6-10-25(18-26)11-7-17-42-32-19-27(36)13-14-30(32)35/h3-6,8-10,12-14,18-19,28,31,37H,7,11,15-17,20-22H2,1-2H3/t28-,31-/m1/s1. The van der Waals surface area contributed by atoms with Crippen molar-refractivity contribution in [3.8, 4) is 5.75 Å². The zero-order valence-corrected chi connectivity index (χ0v) is 25.7. The van der Waals surface area contributed by atoms with Gasteiger partial charge in [0.05, 0.1) is 17.1 Å². The Hall–Kier alpha value is -3.49. The number of nitrogens with one attached hydrogen (secondary N) is 1. The molecule has 2 aliphatic heterocycles. The fraction of sp³-hybridized carbons (Fsp3) is 0.353. The molecular weight excluding hydrogens is 597 g/mol. The number of fused-ring (bicyclic) bond motifs is 2. The fourth-order valence-electron chi connectivity index (χ4n) is 5.83. The van der Waals surface area contributed by atoms with Crippen LogP contribution in [0.3, 0.4) is 0 Å². The molecule has 2 atom stereocenters. The molecule has 2 bridgehead atoms. The van der Waals surface area contributed by atoms with Gasteiger partial charge in [-0.25, -0.2) is 4.39 Å². The number of ether oxygens (including phenoxy) is 1. The third-order valence-electron chi connectivity index (χ3n) is 8.04. The van der Waals surface area contributed by atoms with Crippen LogP contribution in [0.15, 0.2) is 82.8 Å². The van der Waals surface area contributed by atoms with Crippen molar-refractivity contribution in [1.29, 1.82) is 0 Å². The van der Waals surface area contributed by atoms with Crippen LogP contribution in [0.1, 0.15) is 36.5 Å². The highest BCUT2D eigenvalue weighted by molar-refractivity contribution is 9.10. The van der Waals surface area contributed by atoms with Gasteiger partial charge in [0.2, 0.25) is 5.91 Å². The Balaban J connectivity index is 1.35. The van der Waals surface area contributed by atoms with E-state index in [1.165, 1.54) is 17.7 Å². The molecule has 1 N–H and O–H groups in total. The van der Waals surface area contributed by atoms with E-state index in [4.69, 9.17) is 4.74 Å². The van der Waals surface area contributed by atoms with Crippen molar-refractivity contribution >= 4 is 33.3 Å². The smallest absolute Gasteiger partial charge is 0.251 e. The molecule has 6 nitrogen and oxygen atoms in total. The van der Waals surface area contributed by atoms with Crippen LogP contribution in [0.2, 0.25) is 0 Å². The van der Waals surface area contributed by atoms with E-state index in [-0.39, 0.29) is 29.7 Å². The molecule has 0 spiro atoms. The number of nitrogens with zero attached hydrogens (tertiary/aromatic N) is 2. The van der Waals surface area contributed by atoms with E-state index in [1.807, 2.05) is 41.1 Å². The molecule has 2 aliphatic rings. The molecule has 0 saturated carbocycles. The summed E-state index contributed by atoms with van der Waals surface area (Å²) < 4.78 is 20.1. The summed E-state index contributed by atoms with van der Waals surface area (Å²) in [6.07, 6.45) is 3.00. The van der Waals surface area contributed by atoms with E-state index in [2.05, 4.69) is 51.6 Å². The van der Waals surface area contributed by atoms with Crippen LogP contribution in [0.4, 0.5) is 4.39 Å². The molecule has 2 heterocycles. The van der Waals surface area contributed by atoms with Gasteiger partial charge in [-0.05, 0) is 76.0 Å². The maximum Gasteiger partial charge on any atom is 0.251 e. The third kappa shape index (κ3) is 7.28. The Labute approximate surface area is 255 Å². The van der Waals surface area contributed by atoms with Crippen LogP contribution in [0.5, 0.6) is 5.75 Å². The number of rotatable bonds is 10. The van der Waals surface area contributed by atoms with Gasteiger partial charge in [-0.1, -0.05) is 54.6 Å². The summed E-state index contributed by atoms with van der Waals surface area (Å²) in [5.41, 5.74) is 5.21. The molecule has 42 heavy (non-hydrogen) atoms. The molecule has 0 radical (unpaired) electrons. The number of halogens is 2. The Morgan fingerprint density at radius 1 is 1.02 bits per heavy atom. The molecule has 3 aromatic rings. The minimum atomic E-state index is -0.330. The van der Waals surface area contributed by atoms with Gasteiger partial charge in [-0.15, -0.1) is 0 Å². The third-order valence-corrected chi connectivity index (χ3v) is 8.70. The van der Waals surface area contributed by atoms with Gasteiger partial charge in [0.1, 0.15) is 11.6 Å². The van der Waals surface area contributed by atoms with Gasteiger partial charge in [-0.3, -0.25) is 9.59 Å². The zero-order valence-electron chi connectivity index (χ0n) is 24.1. The predicted molar refractivity (Wildman–Crippen MR) is 167 cm³/mol. The highest BCUT2D eigenvalue weighted by Gasteiger charge is 2.39. The number of carbonyl (C=O) groups excluding carboxylic acids is 2. The second kappa shape index (κ2) is 13.7. The summed E-state index contributed by atoms with van der Waals surface area (Å²) in [6.45, 7) is 3.77. The maximum absolute atomic E-state index is 14.0. The van der Waals surface area contributed by atoms with Crippen molar-refractivity contribution < 1.29 is 18.7 Å².